The molecular formula is C24H22N4O. The summed E-state index contributed by atoms with van der Waals surface area (Å²) in [5, 5.41) is 6.48. The number of hydrogen-bond acceptors (Lipinski definition) is 4. The molecule has 0 aliphatic carbocycles. The molecule has 0 unspecified atom stereocenters. The second-order valence-corrected chi connectivity index (χ2v) is 7.52. The van der Waals surface area contributed by atoms with E-state index in [4.69, 9.17) is 0 Å². The van der Waals surface area contributed by atoms with Crippen LogP contribution in [0, 0.1) is 5.92 Å². The first-order valence-corrected chi connectivity index (χ1v) is 10.0. The number of benzene rings is 2. The molecule has 1 fully saturated rings. The van der Waals surface area contributed by atoms with Gasteiger partial charge in [-0.15, -0.1) is 0 Å². The van der Waals surface area contributed by atoms with Crippen molar-refractivity contribution in [1.29, 1.82) is 0 Å². The molecule has 3 heterocycles. The molecule has 1 aliphatic rings. The third kappa shape index (κ3) is 3.51. The van der Waals surface area contributed by atoms with E-state index >= 15 is 0 Å². The third-order valence-corrected chi connectivity index (χ3v) is 5.73. The van der Waals surface area contributed by atoms with Crippen molar-refractivity contribution in [2.45, 2.75) is 12.8 Å². The second-order valence-electron chi connectivity index (χ2n) is 7.52. The summed E-state index contributed by atoms with van der Waals surface area (Å²) in [5.74, 6) is 0.575. The fourth-order valence-corrected chi connectivity index (χ4v) is 4.09. The van der Waals surface area contributed by atoms with Crippen molar-refractivity contribution < 1.29 is 4.79 Å². The lowest BCUT2D eigenvalue weighted by molar-refractivity contribution is -0.120. The number of rotatable bonds is 3. The SMILES string of the molecule is O=C(Nc1nccc2cccnc12)C1CCN(c2ccc3ccccc3c2)CC1. The Hall–Kier alpha value is -3.47. The van der Waals surface area contributed by atoms with Crippen LogP contribution in [0.2, 0.25) is 0 Å². The minimum absolute atomic E-state index is 0.00697. The summed E-state index contributed by atoms with van der Waals surface area (Å²) in [6.45, 7) is 1.75. The monoisotopic (exact) mass is 382 g/mol. The van der Waals surface area contributed by atoms with Gasteiger partial charge in [-0.3, -0.25) is 9.78 Å². The van der Waals surface area contributed by atoms with Crippen LogP contribution in [0.15, 0.2) is 73.1 Å². The Kier molecular flexibility index (Phi) is 4.56. The first-order valence-electron chi connectivity index (χ1n) is 10.0. The van der Waals surface area contributed by atoms with Gasteiger partial charge in [0.1, 0.15) is 5.52 Å². The van der Waals surface area contributed by atoms with Gasteiger partial charge in [-0.25, -0.2) is 4.98 Å². The number of amides is 1. The highest BCUT2D eigenvalue weighted by molar-refractivity contribution is 5.99. The van der Waals surface area contributed by atoms with Gasteiger partial charge in [-0.05, 0) is 47.9 Å². The maximum Gasteiger partial charge on any atom is 0.228 e. The van der Waals surface area contributed by atoms with Gasteiger partial charge >= 0.3 is 0 Å². The number of carbonyl (C=O) groups is 1. The number of aromatic nitrogens is 2. The fourth-order valence-electron chi connectivity index (χ4n) is 4.09. The highest BCUT2D eigenvalue weighted by Gasteiger charge is 2.26. The molecule has 0 spiro atoms. The Bertz CT molecular complexity index is 1180. The van der Waals surface area contributed by atoms with E-state index < -0.39 is 0 Å². The molecule has 1 saturated heterocycles. The molecule has 29 heavy (non-hydrogen) atoms. The topological polar surface area (TPSA) is 58.1 Å². The fraction of sp³-hybridized carbons (Fsp3) is 0.208. The van der Waals surface area contributed by atoms with Gasteiger partial charge in [0.25, 0.3) is 0 Å². The lowest BCUT2D eigenvalue weighted by Gasteiger charge is -2.33. The molecule has 5 rings (SSSR count). The summed E-state index contributed by atoms with van der Waals surface area (Å²) in [7, 11) is 0. The average molecular weight is 382 g/mol. The van der Waals surface area contributed by atoms with E-state index in [-0.39, 0.29) is 11.8 Å². The number of anilines is 2. The smallest absolute Gasteiger partial charge is 0.228 e. The zero-order valence-corrected chi connectivity index (χ0v) is 16.1. The van der Waals surface area contributed by atoms with Crippen molar-refractivity contribution in [1.82, 2.24) is 9.97 Å². The van der Waals surface area contributed by atoms with E-state index in [0.717, 1.165) is 36.8 Å². The molecule has 1 N–H and O–H groups in total. The van der Waals surface area contributed by atoms with Crippen LogP contribution in [-0.4, -0.2) is 29.0 Å². The van der Waals surface area contributed by atoms with Crippen molar-refractivity contribution in [2.24, 2.45) is 5.92 Å². The van der Waals surface area contributed by atoms with E-state index in [1.165, 1.54) is 16.5 Å². The molecule has 0 atom stereocenters. The molecule has 5 nitrogen and oxygen atoms in total. The van der Waals surface area contributed by atoms with Gasteiger partial charge < -0.3 is 10.2 Å². The van der Waals surface area contributed by atoms with E-state index in [1.807, 2.05) is 18.2 Å². The number of fused-ring (bicyclic) bond motifs is 2. The molecule has 5 heteroatoms. The van der Waals surface area contributed by atoms with Crippen LogP contribution in [0.25, 0.3) is 21.7 Å². The standard InChI is InChI=1S/C24H22N4O/c29-24(27-23-22-18(9-13-26-23)6-3-12-25-22)19-10-14-28(15-11-19)21-8-7-17-4-1-2-5-20(17)16-21/h1-9,12-13,16,19H,10-11,14-15H2,(H,26,27,29). The van der Waals surface area contributed by atoms with E-state index in [0.29, 0.717) is 5.82 Å². The quantitative estimate of drug-likeness (QED) is 0.561. The van der Waals surface area contributed by atoms with Gasteiger partial charge in [0.05, 0.1) is 0 Å². The molecule has 0 saturated carbocycles. The van der Waals surface area contributed by atoms with E-state index in [9.17, 15) is 4.79 Å². The van der Waals surface area contributed by atoms with E-state index in [2.05, 4.69) is 62.6 Å². The zero-order valence-electron chi connectivity index (χ0n) is 16.1. The van der Waals surface area contributed by atoms with Crippen LogP contribution in [-0.2, 0) is 4.79 Å². The Morgan fingerprint density at radius 2 is 1.66 bits per heavy atom. The summed E-state index contributed by atoms with van der Waals surface area (Å²) in [4.78, 5) is 23.9. The molecular weight excluding hydrogens is 360 g/mol. The van der Waals surface area contributed by atoms with Crippen LogP contribution < -0.4 is 10.2 Å². The first kappa shape index (κ1) is 17.6. The Morgan fingerprint density at radius 1 is 0.862 bits per heavy atom. The zero-order chi connectivity index (χ0) is 19.6. The number of hydrogen-bond donors (Lipinski definition) is 1. The molecule has 2 aromatic carbocycles. The van der Waals surface area contributed by atoms with Crippen molar-refractivity contribution in [3.05, 3.63) is 73.1 Å². The summed E-state index contributed by atoms with van der Waals surface area (Å²) in [5.41, 5.74) is 1.96. The maximum atomic E-state index is 12.8. The molecule has 1 amide bonds. The minimum Gasteiger partial charge on any atom is -0.371 e. The number of pyridine rings is 2. The average Bonchev–Trinajstić information content (AvgIpc) is 2.79. The van der Waals surface area contributed by atoms with Crippen LogP contribution >= 0.6 is 0 Å². The van der Waals surface area contributed by atoms with Gasteiger partial charge in [-0.1, -0.05) is 36.4 Å². The van der Waals surface area contributed by atoms with Gasteiger partial charge in [0, 0.05) is 42.5 Å². The number of nitrogens with one attached hydrogen (secondary N) is 1. The summed E-state index contributed by atoms with van der Waals surface area (Å²) in [6, 6.07) is 20.7. The van der Waals surface area contributed by atoms with Crippen LogP contribution in [0.5, 0.6) is 0 Å². The van der Waals surface area contributed by atoms with Gasteiger partial charge in [0.2, 0.25) is 5.91 Å². The second kappa shape index (κ2) is 7.51. The highest BCUT2D eigenvalue weighted by atomic mass is 16.2. The predicted molar refractivity (Wildman–Crippen MR) is 117 cm³/mol. The largest absolute Gasteiger partial charge is 0.371 e. The molecule has 2 aromatic heterocycles. The summed E-state index contributed by atoms with van der Waals surface area (Å²) < 4.78 is 0. The van der Waals surface area contributed by atoms with Gasteiger partial charge in [0.15, 0.2) is 5.82 Å². The Balaban J connectivity index is 1.26. The lowest BCUT2D eigenvalue weighted by atomic mass is 9.95. The highest BCUT2D eigenvalue weighted by Crippen LogP contribution is 2.27. The van der Waals surface area contributed by atoms with Crippen LogP contribution in [0.1, 0.15) is 12.8 Å². The maximum absolute atomic E-state index is 12.8. The molecule has 0 radical (unpaired) electrons. The summed E-state index contributed by atoms with van der Waals surface area (Å²) in [6.07, 6.45) is 5.09. The number of carbonyl (C=O) groups excluding carboxylic acids is 1. The number of piperidine rings is 1. The van der Waals surface area contributed by atoms with Crippen molar-refractivity contribution in [2.75, 3.05) is 23.3 Å². The minimum atomic E-state index is -0.00697. The van der Waals surface area contributed by atoms with Crippen molar-refractivity contribution in [3.63, 3.8) is 0 Å². The predicted octanol–water partition coefficient (Wildman–Crippen LogP) is 4.64. The number of nitrogens with zero attached hydrogens (tertiary/aromatic N) is 3. The van der Waals surface area contributed by atoms with Crippen LogP contribution in [0.3, 0.4) is 0 Å². The molecule has 144 valence electrons. The van der Waals surface area contributed by atoms with Crippen LogP contribution in [0.4, 0.5) is 11.5 Å². The Morgan fingerprint density at radius 3 is 2.52 bits per heavy atom. The molecule has 4 aromatic rings. The lowest BCUT2D eigenvalue weighted by Crippen LogP contribution is -2.38. The Labute approximate surface area is 169 Å². The van der Waals surface area contributed by atoms with Crippen molar-refractivity contribution in [3.8, 4) is 0 Å². The normalized spacial score (nSPS) is 15.0. The molecule has 1 aliphatic heterocycles. The van der Waals surface area contributed by atoms with Gasteiger partial charge in [-0.2, -0.15) is 0 Å². The third-order valence-electron chi connectivity index (χ3n) is 5.73. The molecule has 0 bridgehead atoms. The summed E-state index contributed by atoms with van der Waals surface area (Å²) >= 11 is 0. The first-order chi connectivity index (χ1) is 14.3. The van der Waals surface area contributed by atoms with Crippen molar-refractivity contribution >= 4 is 39.1 Å². The van der Waals surface area contributed by atoms with E-state index in [1.54, 1.807) is 12.4 Å².